The van der Waals surface area contributed by atoms with Gasteiger partial charge in [-0.3, -0.25) is 0 Å². The molecule has 5 atom stereocenters. The molecule has 7 nitrogen and oxygen atoms in total. The number of ether oxygens (including phenoxy) is 1. The summed E-state index contributed by atoms with van der Waals surface area (Å²) in [6, 6.07) is 7.29. The Morgan fingerprint density at radius 1 is 1.23 bits per heavy atom. The Labute approximate surface area is 177 Å². The first-order chi connectivity index (χ1) is 14.5. The third kappa shape index (κ3) is 3.56. The van der Waals surface area contributed by atoms with Gasteiger partial charge in [-0.2, -0.15) is 5.10 Å². The van der Waals surface area contributed by atoms with E-state index in [4.69, 9.17) is 4.74 Å². The van der Waals surface area contributed by atoms with Gasteiger partial charge in [-0.1, -0.05) is 23.4 Å². The summed E-state index contributed by atoms with van der Waals surface area (Å²) in [7, 11) is 0. The quantitative estimate of drug-likeness (QED) is 0.659. The fraction of sp³-hybridized carbons (Fsp3) is 0.476. The summed E-state index contributed by atoms with van der Waals surface area (Å²) in [5, 5.41) is 27.4. The second-order valence-corrected chi connectivity index (χ2v) is 9.19. The molecular formula is C21H24FN5O2S. The lowest BCUT2D eigenvalue weighted by atomic mass is 9.78. The molecule has 2 fully saturated rings. The average Bonchev–Trinajstić information content (AvgIpc) is 3.37. The largest absolute Gasteiger partial charge is 0.507 e. The number of aromatic nitrogens is 4. The Balaban J connectivity index is 1.33. The molecule has 30 heavy (non-hydrogen) atoms. The Hall–Kier alpha value is -2.52. The van der Waals surface area contributed by atoms with E-state index in [0.717, 1.165) is 24.2 Å². The van der Waals surface area contributed by atoms with Gasteiger partial charge in [0.1, 0.15) is 11.9 Å². The summed E-state index contributed by atoms with van der Waals surface area (Å²) >= 11 is 1.22. The molecule has 9 heteroatoms. The van der Waals surface area contributed by atoms with Gasteiger partial charge in [0.05, 0.1) is 16.9 Å². The molecule has 158 valence electrons. The van der Waals surface area contributed by atoms with Crippen molar-refractivity contribution in [2.75, 3.05) is 0 Å². The van der Waals surface area contributed by atoms with Crippen molar-refractivity contribution in [3.8, 4) is 27.2 Å². The van der Waals surface area contributed by atoms with Crippen LogP contribution in [0.5, 0.6) is 10.9 Å². The molecule has 2 aromatic heterocycles. The van der Waals surface area contributed by atoms with Crippen LogP contribution in [-0.2, 0) is 0 Å². The molecule has 5 rings (SSSR count). The van der Waals surface area contributed by atoms with Gasteiger partial charge in [0, 0.05) is 30.8 Å². The Morgan fingerprint density at radius 2 is 2.10 bits per heavy atom. The number of benzene rings is 1. The molecule has 1 aromatic carbocycles. The first kappa shape index (κ1) is 19.4. The van der Waals surface area contributed by atoms with Gasteiger partial charge in [0.15, 0.2) is 11.2 Å². The monoisotopic (exact) mass is 429 g/mol. The van der Waals surface area contributed by atoms with Crippen LogP contribution in [0.1, 0.15) is 31.9 Å². The molecule has 2 aliphatic rings. The number of aromatic hydroxyl groups is 1. The number of halogens is 1. The number of phenols is 1. The predicted octanol–water partition coefficient (Wildman–Crippen LogP) is 3.65. The summed E-state index contributed by atoms with van der Waals surface area (Å²) in [6.45, 7) is 4.11. The molecule has 3 aromatic rings. The van der Waals surface area contributed by atoms with E-state index in [9.17, 15) is 9.50 Å². The summed E-state index contributed by atoms with van der Waals surface area (Å²) < 4.78 is 22.5. The number of hydrogen-bond donors (Lipinski definition) is 2. The number of piperidine rings is 2. The van der Waals surface area contributed by atoms with Crippen LogP contribution in [-0.4, -0.2) is 49.4 Å². The Bertz CT molecular complexity index is 1050. The minimum atomic E-state index is -1.06. The van der Waals surface area contributed by atoms with Crippen LogP contribution in [0, 0.1) is 12.8 Å². The molecule has 2 bridgehead atoms. The third-order valence-corrected chi connectivity index (χ3v) is 6.98. The lowest BCUT2D eigenvalue weighted by Gasteiger charge is -2.45. The highest BCUT2D eigenvalue weighted by Crippen LogP contribution is 2.38. The van der Waals surface area contributed by atoms with E-state index in [1.165, 1.54) is 11.3 Å². The number of fused-ring (bicyclic) bond motifs is 2. The molecule has 0 spiro atoms. The Morgan fingerprint density at radius 3 is 2.87 bits per heavy atom. The number of nitrogens with zero attached hydrogens (tertiary/aromatic N) is 4. The Kier molecular flexibility index (Phi) is 4.94. The number of aryl methyl sites for hydroxylation is 1. The van der Waals surface area contributed by atoms with Crippen molar-refractivity contribution < 1.29 is 14.2 Å². The van der Waals surface area contributed by atoms with Gasteiger partial charge in [-0.05, 0) is 43.9 Å². The van der Waals surface area contributed by atoms with Crippen LogP contribution in [0.25, 0.3) is 16.3 Å². The topological polar surface area (TPSA) is 85.1 Å². The lowest BCUT2D eigenvalue weighted by molar-refractivity contribution is -0.00501. The molecule has 5 unspecified atom stereocenters. The van der Waals surface area contributed by atoms with Crippen molar-refractivity contribution in [3.63, 3.8) is 0 Å². The fourth-order valence-corrected chi connectivity index (χ4v) is 5.15. The molecule has 0 radical (unpaired) electrons. The minimum Gasteiger partial charge on any atom is -0.507 e. The van der Waals surface area contributed by atoms with E-state index in [-0.39, 0.29) is 17.8 Å². The van der Waals surface area contributed by atoms with Gasteiger partial charge in [-0.25, -0.2) is 9.07 Å². The van der Waals surface area contributed by atoms with Crippen LogP contribution in [0.4, 0.5) is 4.39 Å². The zero-order valence-electron chi connectivity index (χ0n) is 16.8. The predicted molar refractivity (Wildman–Crippen MR) is 112 cm³/mol. The zero-order chi connectivity index (χ0) is 20.8. The number of phenolic OH excluding ortho intramolecular Hbond substituents is 1. The van der Waals surface area contributed by atoms with Crippen molar-refractivity contribution in [2.45, 2.75) is 57.5 Å². The normalized spacial score (nSPS) is 28.4. The van der Waals surface area contributed by atoms with Crippen LogP contribution in [0.3, 0.4) is 0 Å². The summed E-state index contributed by atoms with van der Waals surface area (Å²) in [6.07, 6.45) is 2.75. The van der Waals surface area contributed by atoms with Crippen molar-refractivity contribution in [1.29, 1.82) is 0 Å². The maximum absolute atomic E-state index is 14.9. The molecule has 0 saturated carbocycles. The van der Waals surface area contributed by atoms with Crippen LogP contribution in [0.2, 0.25) is 0 Å². The average molecular weight is 430 g/mol. The standard InChI is InChI=1S/C21H24FN5O2S/c1-11-3-6-15-19(22)18(10-16(11)23-15)29-21-25-24-20(30-21)14-5-4-13(9-17(14)28)27-8-7-12(2)26-27/h4-5,7-9,11,15-16,18-19,23,28H,3,6,10H2,1-2H3. The minimum absolute atomic E-state index is 0.0805. The van der Waals surface area contributed by atoms with Gasteiger partial charge >= 0.3 is 0 Å². The van der Waals surface area contributed by atoms with Gasteiger partial charge < -0.3 is 15.2 Å². The number of nitrogens with one attached hydrogen (secondary N) is 1. The van der Waals surface area contributed by atoms with Crippen LogP contribution >= 0.6 is 11.3 Å². The summed E-state index contributed by atoms with van der Waals surface area (Å²) in [5.74, 6) is 0.593. The van der Waals surface area contributed by atoms with Gasteiger partial charge in [0.25, 0.3) is 5.19 Å². The lowest BCUT2D eigenvalue weighted by Crippen LogP contribution is -2.61. The van der Waals surface area contributed by atoms with E-state index >= 15 is 0 Å². The first-order valence-electron chi connectivity index (χ1n) is 10.2. The van der Waals surface area contributed by atoms with Crippen molar-refractivity contribution in [1.82, 2.24) is 25.3 Å². The van der Waals surface area contributed by atoms with E-state index in [2.05, 4.69) is 27.5 Å². The number of rotatable bonds is 4. The fourth-order valence-electron chi connectivity index (χ4n) is 4.37. The highest BCUT2D eigenvalue weighted by Gasteiger charge is 2.44. The maximum atomic E-state index is 14.9. The molecule has 2 saturated heterocycles. The maximum Gasteiger partial charge on any atom is 0.294 e. The highest BCUT2D eigenvalue weighted by atomic mass is 32.1. The molecule has 2 aliphatic heterocycles. The summed E-state index contributed by atoms with van der Waals surface area (Å²) in [4.78, 5) is 0. The molecule has 2 N–H and O–H groups in total. The molecule has 0 aliphatic carbocycles. The number of hydrogen-bond acceptors (Lipinski definition) is 7. The highest BCUT2D eigenvalue weighted by molar-refractivity contribution is 7.16. The zero-order valence-corrected chi connectivity index (χ0v) is 17.6. The van der Waals surface area contributed by atoms with Gasteiger partial charge in [0.2, 0.25) is 0 Å². The van der Waals surface area contributed by atoms with E-state index < -0.39 is 12.3 Å². The van der Waals surface area contributed by atoms with Crippen LogP contribution in [0.15, 0.2) is 30.5 Å². The third-order valence-electron chi connectivity index (χ3n) is 6.13. The SMILES string of the molecule is Cc1ccn(-c2ccc(-c3nnc(OC4CC5NC(CCC5C)C4F)s3)c(O)c2)n1. The second-order valence-electron chi connectivity index (χ2n) is 8.25. The molecular weight excluding hydrogens is 405 g/mol. The van der Waals surface area contributed by atoms with Gasteiger partial charge in [-0.15, -0.1) is 5.10 Å². The second kappa shape index (κ2) is 7.63. The van der Waals surface area contributed by atoms with E-state index in [1.807, 2.05) is 25.3 Å². The van der Waals surface area contributed by atoms with E-state index in [0.29, 0.717) is 28.1 Å². The molecule has 0 amide bonds. The molecule has 4 heterocycles. The van der Waals surface area contributed by atoms with Crippen molar-refractivity contribution in [2.24, 2.45) is 5.92 Å². The summed E-state index contributed by atoms with van der Waals surface area (Å²) in [5.41, 5.74) is 2.20. The van der Waals surface area contributed by atoms with Crippen LogP contribution < -0.4 is 10.1 Å². The number of alkyl halides is 1. The van der Waals surface area contributed by atoms with Crippen molar-refractivity contribution >= 4 is 11.3 Å². The first-order valence-corrected chi connectivity index (χ1v) is 11.1. The van der Waals surface area contributed by atoms with E-state index in [1.54, 1.807) is 16.8 Å². The van der Waals surface area contributed by atoms with Crippen molar-refractivity contribution in [3.05, 3.63) is 36.2 Å². The smallest absolute Gasteiger partial charge is 0.294 e.